The molecule has 1 amide bonds. The van der Waals surface area contributed by atoms with E-state index in [9.17, 15) is 4.79 Å². The molecule has 0 unspecified atom stereocenters. The Balaban J connectivity index is 2.09. The van der Waals surface area contributed by atoms with Gasteiger partial charge in [0.05, 0.1) is 5.92 Å². The van der Waals surface area contributed by atoms with Gasteiger partial charge in [0.1, 0.15) is 12.1 Å². The quantitative estimate of drug-likeness (QED) is 0.820. The highest BCUT2D eigenvalue weighted by Crippen LogP contribution is 2.21. The largest absolute Gasteiger partial charge is 0.359 e. The molecule has 2 heterocycles. The second-order valence-electron chi connectivity index (χ2n) is 4.42. The number of hydrogen-bond acceptors (Lipinski definition) is 4. The predicted molar refractivity (Wildman–Crippen MR) is 65.8 cm³/mol. The van der Waals surface area contributed by atoms with E-state index >= 15 is 0 Å². The van der Waals surface area contributed by atoms with Gasteiger partial charge in [0, 0.05) is 31.9 Å². The molecule has 1 N–H and O–H groups in total. The number of nitrogens with one attached hydrogen (secondary N) is 1. The van der Waals surface area contributed by atoms with Crippen molar-refractivity contribution in [3.63, 3.8) is 0 Å². The average molecular weight is 234 g/mol. The minimum Gasteiger partial charge on any atom is -0.359 e. The fourth-order valence-electron chi connectivity index (χ4n) is 2.22. The molecule has 0 saturated carbocycles. The Hall–Kier alpha value is -1.65. The predicted octanol–water partition coefficient (Wildman–Crippen LogP) is 0.747. The molecule has 1 saturated heterocycles. The molecule has 0 aliphatic carbocycles. The van der Waals surface area contributed by atoms with E-state index in [1.165, 1.54) is 0 Å². The lowest BCUT2D eigenvalue weighted by Crippen LogP contribution is -2.42. The molecule has 1 fully saturated rings. The van der Waals surface area contributed by atoms with Gasteiger partial charge < -0.3 is 10.2 Å². The Labute approximate surface area is 101 Å². The van der Waals surface area contributed by atoms with Crippen molar-refractivity contribution in [2.75, 3.05) is 25.0 Å². The van der Waals surface area contributed by atoms with E-state index in [0.717, 1.165) is 37.4 Å². The van der Waals surface area contributed by atoms with E-state index in [2.05, 4.69) is 20.2 Å². The lowest BCUT2D eigenvalue weighted by atomic mass is 9.97. The molecule has 5 nitrogen and oxygen atoms in total. The molecular formula is C12H18N4O. The monoisotopic (exact) mass is 234 g/mol. The van der Waals surface area contributed by atoms with Gasteiger partial charge in [-0.05, 0) is 19.8 Å². The molecule has 0 aromatic carbocycles. The van der Waals surface area contributed by atoms with Gasteiger partial charge in [0.25, 0.3) is 0 Å². The normalized spacial score (nSPS) is 20.1. The van der Waals surface area contributed by atoms with E-state index in [-0.39, 0.29) is 11.8 Å². The van der Waals surface area contributed by atoms with Gasteiger partial charge >= 0.3 is 0 Å². The number of carbonyl (C=O) groups is 1. The molecule has 0 spiro atoms. The third-order valence-electron chi connectivity index (χ3n) is 3.15. The number of carbonyl (C=O) groups excluding carboxylic acids is 1. The number of anilines is 1. The summed E-state index contributed by atoms with van der Waals surface area (Å²) in [5.74, 6) is 1.12. The standard InChI is InChI=1S/C12H18N4O/c1-9-6-11(15-8-14-9)16-5-3-4-10(7-16)12(17)13-2/h6,8,10H,3-5,7H2,1-2H3,(H,13,17)/t10-/m0/s1. The maximum absolute atomic E-state index is 11.6. The summed E-state index contributed by atoms with van der Waals surface area (Å²) in [5, 5.41) is 2.72. The fraction of sp³-hybridized carbons (Fsp3) is 0.583. The summed E-state index contributed by atoms with van der Waals surface area (Å²) >= 11 is 0. The van der Waals surface area contributed by atoms with Crippen molar-refractivity contribution in [2.45, 2.75) is 19.8 Å². The molecule has 92 valence electrons. The van der Waals surface area contributed by atoms with E-state index in [4.69, 9.17) is 0 Å². The Kier molecular flexibility index (Phi) is 3.56. The summed E-state index contributed by atoms with van der Waals surface area (Å²) in [6.45, 7) is 3.66. The summed E-state index contributed by atoms with van der Waals surface area (Å²) in [6.07, 6.45) is 3.57. The van der Waals surface area contributed by atoms with E-state index in [1.807, 2.05) is 13.0 Å². The summed E-state index contributed by atoms with van der Waals surface area (Å²) < 4.78 is 0. The number of amides is 1. The zero-order chi connectivity index (χ0) is 12.3. The second-order valence-corrected chi connectivity index (χ2v) is 4.42. The van der Waals surface area contributed by atoms with Crippen molar-refractivity contribution in [2.24, 2.45) is 5.92 Å². The molecule has 5 heteroatoms. The molecule has 1 aliphatic rings. The van der Waals surface area contributed by atoms with E-state index < -0.39 is 0 Å². The van der Waals surface area contributed by atoms with Crippen LogP contribution in [0.1, 0.15) is 18.5 Å². The highest BCUT2D eigenvalue weighted by atomic mass is 16.1. The number of hydrogen-bond donors (Lipinski definition) is 1. The molecule has 2 rings (SSSR count). The molecule has 17 heavy (non-hydrogen) atoms. The highest BCUT2D eigenvalue weighted by Gasteiger charge is 2.25. The number of nitrogens with zero attached hydrogens (tertiary/aromatic N) is 3. The van der Waals surface area contributed by atoms with Crippen molar-refractivity contribution in [3.8, 4) is 0 Å². The van der Waals surface area contributed by atoms with Gasteiger partial charge in [-0.25, -0.2) is 9.97 Å². The number of piperidine rings is 1. The van der Waals surface area contributed by atoms with Crippen LogP contribution in [0.4, 0.5) is 5.82 Å². The molecule has 1 aromatic rings. The maximum atomic E-state index is 11.6. The lowest BCUT2D eigenvalue weighted by molar-refractivity contribution is -0.124. The van der Waals surface area contributed by atoms with Gasteiger partial charge in [-0.1, -0.05) is 0 Å². The molecule has 1 atom stereocenters. The van der Waals surface area contributed by atoms with Crippen molar-refractivity contribution in [1.29, 1.82) is 0 Å². The Morgan fingerprint density at radius 3 is 3.06 bits per heavy atom. The van der Waals surface area contributed by atoms with Crippen LogP contribution >= 0.6 is 0 Å². The molecular weight excluding hydrogens is 216 g/mol. The summed E-state index contributed by atoms with van der Waals surface area (Å²) in [7, 11) is 1.69. The third-order valence-corrected chi connectivity index (χ3v) is 3.15. The summed E-state index contributed by atoms with van der Waals surface area (Å²) in [4.78, 5) is 22.2. The van der Waals surface area contributed by atoms with Crippen molar-refractivity contribution in [3.05, 3.63) is 18.1 Å². The SMILES string of the molecule is CNC(=O)[C@H]1CCCN(c2cc(C)ncn2)C1. The van der Waals surface area contributed by atoms with Crippen LogP contribution in [0.3, 0.4) is 0 Å². The van der Waals surface area contributed by atoms with Crippen LogP contribution in [0.2, 0.25) is 0 Å². The van der Waals surface area contributed by atoms with Crippen LogP contribution in [0.5, 0.6) is 0 Å². The van der Waals surface area contributed by atoms with Gasteiger partial charge in [-0.2, -0.15) is 0 Å². The van der Waals surface area contributed by atoms with Crippen LogP contribution in [-0.2, 0) is 4.79 Å². The minimum absolute atomic E-state index is 0.0732. The van der Waals surface area contributed by atoms with Gasteiger partial charge in [0.15, 0.2) is 0 Å². The first-order chi connectivity index (χ1) is 8.20. The van der Waals surface area contributed by atoms with Crippen LogP contribution in [0.25, 0.3) is 0 Å². The molecule has 1 aliphatic heterocycles. The van der Waals surface area contributed by atoms with Crippen LogP contribution < -0.4 is 10.2 Å². The van der Waals surface area contributed by atoms with Crippen LogP contribution in [-0.4, -0.2) is 36.0 Å². The van der Waals surface area contributed by atoms with Gasteiger partial charge in [-0.15, -0.1) is 0 Å². The van der Waals surface area contributed by atoms with Crippen LogP contribution in [0.15, 0.2) is 12.4 Å². The Morgan fingerprint density at radius 1 is 1.53 bits per heavy atom. The first-order valence-corrected chi connectivity index (χ1v) is 5.96. The molecule has 0 bridgehead atoms. The zero-order valence-electron chi connectivity index (χ0n) is 10.3. The lowest BCUT2D eigenvalue weighted by Gasteiger charge is -2.32. The average Bonchev–Trinajstić information content (AvgIpc) is 2.38. The third kappa shape index (κ3) is 2.72. The highest BCUT2D eigenvalue weighted by molar-refractivity contribution is 5.79. The second kappa shape index (κ2) is 5.12. The molecule has 1 aromatic heterocycles. The summed E-state index contributed by atoms with van der Waals surface area (Å²) in [5.41, 5.74) is 0.956. The van der Waals surface area contributed by atoms with Crippen molar-refractivity contribution in [1.82, 2.24) is 15.3 Å². The van der Waals surface area contributed by atoms with E-state index in [1.54, 1.807) is 13.4 Å². The van der Waals surface area contributed by atoms with Gasteiger partial charge in [-0.3, -0.25) is 4.79 Å². The van der Waals surface area contributed by atoms with E-state index in [0.29, 0.717) is 0 Å². The maximum Gasteiger partial charge on any atom is 0.224 e. The minimum atomic E-state index is 0.0732. The van der Waals surface area contributed by atoms with Gasteiger partial charge in [0.2, 0.25) is 5.91 Å². The summed E-state index contributed by atoms with van der Waals surface area (Å²) in [6, 6.07) is 1.96. The Bertz CT molecular complexity index is 407. The molecule has 0 radical (unpaired) electrons. The topological polar surface area (TPSA) is 58.1 Å². The first-order valence-electron chi connectivity index (χ1n) is 5.96. The smallest absolute Gasteiger partial charge is 0.224 e. The first kappa shape index (κ1) is 11.8. The Morgan fingerprint density at radius 2 is 2.35 bits per heavy atom. The zero-order valence-corrected chi connectivity index (χ0v) is 10.3. The van der Waals surface area contributed by atoms with Crippen molar-refractivity contribution >= 4 is 11.7 Å². The van der Waals surface area contributed by atoms with Crippen LogP contribution in [0, 0.1) is 12.8 Å². The number of rotatable bonds is 2. The fourth-order valence-corrected chi connectivity index (χ4v) is 2.22. The van der Waals surface area contributed by atoms with Crippen molar-refractivity contribution < 1.29 is 4.79 Å². The number of aromatic nitrogens is 2. The number of aryl methyl sites for hydroxylation is 1.